The average molecular weight is 380 g/mol. The highest BCUT2D eigenvalue weighted by Crippen LogP contribution is 2.31. The predicted octanol–water partition coefficient (Wildman–Crippen LogP) is 3.10. The maximum atomic E-state index is 12.9. The summed E-state index contributed by atoms with van der Waals surface area (Å²) < 4.78 is 10.7. The van der Waals surface area contributed by atoms with Crippen LogP contribution in [-0.2, 0) is 6.54 Å². The standard InChI is InChI=1S/C21H24N4O3/c1-27-18-5-3-4-15(10-18)14-24-8-9-25(21(24)26)17-6-7-19(16(12-22)13-23)20(11-17)28-2/h3-7,10-13,22H,8-9,14,23H2,1-2H3/b16-13+,22-12?. The van der Waals surface area contributed by atoms with Crippen molar-refractivity contribution in [3.63, 3.8) is 0 Å². The van der Waals surface area contributed by atoms with Crippen LogP contribution in [0.4, 0.5) is 10.5 Å². The first kappa shape index (κ1) is 19.3. The molecule has 1 fully saturated rings. The van der Waals surface area contributed by atoms with Gasteiger partial charge in [-0.15, -0.1) is 0 Å². The van der Waals surface area contributed by atoms with Crippen molar-refractivity contribution < 1.29 is 14.3 Å². The van der Waals surface area contributed by atoms with Crippen LogP contribution in [0.3, 0.4) is 0 Å². The summed E-state index contributed by atoms with van der Waals surface area (Å²) in [6.07, 6.45) is 2.54. The van der Waals surface area contributed by atoms with Gasteiger partial charge in [0, 0.05) is 54.9 Å². The van der Waals surface area contributed by atoms with E-state index >= 15 is 0 Å². The van der Waals surface area contributed by atoms with Gasteiger partial charge >= 0.3 is 6.03 Å². The van der Waals surface area contributed by atoms with E-state index in [1.165, 1.54) is 12.4 Å². The van der Waals surface area contributed by atoms with Crippen LogP contribution < -0.4 is 20.1 Å². The van der Waals surface area contributed by atoms with Crippen molar-refractivity contribution in [2.45, 2.75) is 6.54 Å². The lowest BCUT2D eigenvalue weighted by molar-refractivity contribution is 0.218. The molecule has 1 saturated heterocycles. The average Bonchev–Trinajstić information content (AvgIpc) is 3.09. The molecule has 0 spiro atoms. The Morgan fingerprint density at radius 2 is 2.00 bits per heavy atom. The minimum absolute atomic E-state index is 0.0562. The number of amides is 2. The van der Waals surface area contributed by atoms with Crippen LogP contribution in [0.1, 0.15) is 11.1 Å². The van der Waals surface area contributed by atoms with E-state index in [-0.39, 0.29) is 6.03 Å². The molecule has 3 rings (SSSR count). The molecule has 0 aliphatic carbocycles. The van der Waals surface area contributed by atoms with E-state index in [4.69, 9.17) is 20.6 Å². The van der Waals surface area contributed by atoms with Crippen molar-refractivity contribution >= 4 is 23.5 Å². The molecule has 0 aromatic heterocycles. The fraction of sp³-hybridized carbons (Fsp3) is 0.238. The molecule has 2 aromatic rings. The van der Waals surface area contributed by atoms with Gasteiger partial charge in [-0.05, 0) is 29.8 Å². The molecule has 0 unspecified atom stereocenters. The number of carbonyl (C=O) groups is 1. The molecule has 7 nitrogen and oxygen atoms in total. The second-order valence-corrected chi connectivity index (χ2v) is 6.36. The Labute approximate surface area is 164 Å². The first-order valence-corrected chi connectivity index (χ1v) is 8.91. The first-order valence-electron chi connectivity index (χ1n) is 8.91. The zero-order valence-electron chi connectivity index (χ0n) is 16.0. The fourth-order valence-corrected chi connectivity index (χ4v) is 3.26. The van der Waals surface area contributed by atoms with Crippen molar-refractivity contribution in [2.75, 3.05) is 32.2 Å². The van der Waals surface area contributed by atoms with E-state index in [9.17, 15) is 4.79 Å². The molecule has 2 aromatic carbocycles. The molecule has 0 saturated carbocycles. The molecule has 1 aliphatic heterocycles. The van der Waals surface area contributed by atoms with E-state index in [1.54, 1.807) is 30.1 Å². The molecule has 0 atom stereocenters. The van der Waals surface area contributed by atoms with Gasteiger partial charge in [-0.3, -0.25) is 4.90 Å². The van der Waals surface area contributed by atoms with Crippen molar-refractivity contribution in [1.82, 2.24) is 4.90 Å². The summed E-state index contributed by atoms with van der Waals surface area (Å²) in [6, 6.07) is 13.1. The van der Waals surface area contributed by atoms with Crippen LogP contribution in [0.5, 0.6) is 11.5 Å². The van der Waals surface area contributed by atoms with Crippen LogP contribution in [0, 0.1) is 5.41 Å². The third kappa shape index (κ3) is 3.78. The zero-order valence-corrected chi connectivity index (χ0v) is 16.0. The third-order valence-electron chi connectivity index (χ3n) is 4.75. The molecule has 146 valence electrons. The third-order valence-corrected chi connectivity index (χ3v) is 4.75. The van der Waals surface area contributed by atoms with Gasteiger partial charge in [0.05, 0.1) is 14.2 Å². The number of allylic oxidation sites excluding steroid dienone is 1. The summed E-state index contributed by atoms with van der Waals surface area (Å²) in [5.74, 6) is 1.34. The molecule has 0 radical (unpaired) electrons. The van der Waals surface area contributed by atoms with Gasteiger partial charge in [-0.2, -0.15) is 0 Å². The Hall–Kier alpha value is -3.48. The van der Waals surface area contributed by atoms with Crippen LogP contribution in [0.25, 0.3) is 5.57 Å². The summed E-state index contributed by atoms with van der Waals surface area (Å²) in [7, 11) is 3.18. The topological polar surface area (TPSA) is 91.9 Å². The zero-order chi connectivity index (χ0) is 20.1. The number of hydrogen-bond donors (Lipinski definition) is 2. The van der Waals surface area contributed by atoms with E-state index in [0.29, 0.717) is 36.5 Å². The largest absolute Gasteiger partial charge is 0.497 e. The van der Waals surface area contributed by atoms with E-state index in [2.05, 4.69) is 0 Å². The smallest absolute Gasteiger partial charge is 0.324 e. The molecular formula is C21H24N4O3. The lowest BCUT2D eigenvalue weighted by atomic mass is 10.1. The van der Waals surface area contributed by atoms with Crippen molar-refractivity contribution in [3.05, 3.63) is 59.8 Å². The van der Waals surface area contributed by atoms with Gasteiger partial charge < -0.3 is 25.5 Å². The van der Waals surface area contributed by atoms with E-state index in [0.717, 1.165) is 17.0 Å². The molecule has 7 heteroatoms. The lowest BCUT2D eigenvalue weighted by Crippen LogP contribution is -2.31. The Balaban J connectivity index is 1.79. The molecule has 0 bridgehead atoms. The van der Waals surface area contributed by atoms with E-state index < -0.39 is 0 Å². The number of nitrogens with one attached hydrogen (secondary N) is 1. The number of rotatable bonds is 7. The summed E-state index contributed by atoms with van der Waals surface area (Å²) in [4.78, 5) is 16.4. The fourth-order valence-electron chi connectivity index (χ4n) is 3.26. The Kier molecular flexibility index (Phi) is 5.84. The Morgan fingerprint density at radius 1 is 1.18 bits per heavy atom. The second-order valence-electron chi connectivity index (χ2n) is 6.36. The lowest BCUT2D eigenvalue weighted by Gasteiger charge is -2.20. The number of ether oxygens (including phenoxy) is 2. The first-order chi connectivity index (χ1) is 13.6. The van der Waals surface area contributed by atoms with Crippen LogP contribution in [-0.4, -0.2) is 44.5 Å². The van der Waals surface area contributed by atoms with Gasteiger partial charge in [0.2, 0.25) is 0 Å². The number of nitrogens with zero attached hydrogens (tertiary/aromatic N) is 2. The Bertz CT molecular complexity index is 910. The maximum Gasteiger partial charge on any atom is 0.324 e. The highest BCUT2D eigenvalue weighted by molar-refractivity contribution is 6.09. The number of methoxy groups -OCH3 is 2. The van der Waals surface area contributed by atoms with Gasteiger partial charge in [0.15, 0.2) is 0 Å². The molecule has 2 amide bonds. The maximum absolute atomic E-state index is 12.9. The van der Waals surface area contributed by atoms with Crippen molar-refractivity contribution in [2.24, 2.45) is 5.73 Å². The highest BCUT2D eigenvalue weighted by atomic mass is 16.5. The van der Waals surface area contributed by atoms with Crippen molar-refractivity contribution in [3.8, 4) is 11.5 Å². The number of nitrogens with two attached hydrogens (primary N) is 1. The normalized spacial score (nSPS) is 14.4. The van der Waals surface area contributed by atoms with Crippen LogP contribution >= 0.6 is 0 Å². The summed E-state index contributed by atoms with van der Waals surface area (Å²) in [6.45, 7) is 1.75. The van der Waals surface area contributed by atoms with Gasteiger partial charge in [-0.1, -0.05) is 12.1 Å². The molecule has 1 aliphatic rings. The number of carbonyl (C=O) groups excluding carboxylic acids is 1. The van der Waals surface area contributed by atoms with Gasteiger partial charge in [0.25, 0.3) is 0 Å². The quantitative estimate of drug-likeness (QED) is 0.722. The number of hydrogen-bond acceptors (Lipinski definition) is 5. The number of benzene rings is 2. The van der Waals surface area contributed by atoms with Gasteiger partial charge in [-0.25, -0.2) is 4.79 Å². The molecular weight excluding hydrogens is 356 g/mol. The minimum Gasteiger partial charge on any atom is -0.497 e. The van der Waals surface area contributed by atoms with Crippen LogP contribution in [0.2, 0.25) is 0 Å². The molecule has 3 N–H and O–H groups in total. The van der Waals surface area contributed by atoms with Gasteiger partial charge in [0.1, 0.15) is 11.5 Å². The number of anilines is 1. The van der Waals surface area contributed by atoms with Crippen LogP contribution in [0.15, 0.2) is 48.7 Å². The highest BCUT2D eigenvalue weighted by Gasteiger charge is 2.30. The monoisotopic (exact) mass is 380 g/mol. The SMILES string of the molecule is COc1cccc(CN2CCN(c3ccc(/C(C=N)=C/N)c(OC)c3)C2=O)c1. The Morgan fingerprint density at radius 3 is 2.68 bits per heavy atom. The van der Waals surface area contributed by atoms with Crippen molar-refractivity contribution in [1.29, 1.82) is 5.41 Å². The summed E-state index contributed by atoms with van der Waals surface area (Å²) in [5.41, 5.74) is 8.62. The second kappa shape index (κ2) is 8.47. The molecule has 28 heavy (non-hydrogen) atoms. The minimum atomic E-state index is -0.0562. The molecule has 1 heterocycles. The van der Waals surface area contributed by atoms with E-state index in [1.807, 2.05) is 36.4 Å². The number of urea groups is 1. The summed E-state index contributed by atoms with van der Waals surface area (Å²) >= 11 is 0. The summed E-state index contributed by atoms with van der Waals surface area (Å²) in [5, 5.41) is 7.47. The predicted molar refractivity (Wildman–Crippen MR) is 110 cm³/mol.